The first-order chi connectivity index (χ1) is 8.27. The maximum Gasteiger partial charge on any atom is 0.137 e. The van der Waals surface area contributed by atoms with Crippen molar-refractivity contribution in [3.63, 3.8) is 0 Å². The van der Waals surface area contributed by atoms with Crippen LogP contribution in [-0.4, -0.2) is 4.98 Å². The molecule has 0 aliphatic rings. The molecule has 4 heteroatoms. The van der Waals surface area contributed by atoms with Gasteiger partial charge in [0.05, 0.1) is 4.47 Å². The fraction of sp³-hybridized carbons (Fsp3) is 0.154. The minimum absolute atomic E-state index is 0.231. The SMILES string of the molecule is Fc1cccc(CNCc2cccnc2)c1Br. The van der Waals surface area contributed by atoms with Crippen molar-refractivity contribution in [3.05, 3.63) is 64.1 Å². The molecule has 0 bridgehead atoms. The zero-order valence-electron chi connectivity index (χ0n) is 9.16. The van der Waals surface area contributed by atoms with Crippen molar-refractivity contribution in [3.8, 4) is 0 Å². The maximum absolute atomic E-state index is 13.2. The van der Waals surface area contributed by atoms with Gasteiger partial charge in [-0.3, -0.25) is 4.98 Å². The number of pyridine rings is 1. The van der Waals surface area contributed by atoms with E-state index in [1.54, 1.807) is 12.3 Å². The number of nitrogens with zero attached hydrogens (tertiary/aromatic N) is 1. The highest BCUT2D eigenvalue weighted by Gasteiger charge is 2.04. The van der Waals surface area contributed by atoms with Crippen molar-refractivity contribution in [2.24, 2.45) is 0 Å². The number of benzene rings is 1. The van der Waals surface area contributed by atoms with Crippen LogP contribution in [0, 0.1) is 5.82 Å². The molecule has 0 saturated heterocycles. The predicted molar refractivity (Wildman–Crippen MR) is 68.9 cm³/mol. The van der Waals surface area contributed by atoms with Crippen LogP contribution in [0.25, 0.3) is 0 Å². The largest absolute Gasteiger partial charge is 0.309 e. The third kappa shape index (κ3) is 3.35. The van der Waals surface area contributed by atoms with Gasteiger partial charge in [0, 0.05) is 25.5 Å². The molecule has 0 aliphatic carbocycles. The van der Waals surface area contributed by atoms with Gasteiger partial charge in [0.25, 0.3) is 0 Å². The summed E-state index contributed by atoms with van der Waals surface area (Å²) in [5.41, 5.74) is 2.02. The highest BCUT2D eigenvalue weighted by molar-refractivity contribution is 9.10. The molecule has 88 valence electrons. The standard InChI is InChI=1S/C13H12BrFN2/c14-13-11(4-1-5-12(13)15)9-17-8-10-3-2-6-16-7-10/h1-7,17H,8-9H2. The Bertz CT molecular complexity index is 488. The molecule has 0 radical (unpaired) electrons. The highest BCUT2D eigenvalue weighted by Crippen LogP contribution is 2.20. The lowest BCUT2D eigenvalue weighted by atomic mass is 10.2. The van der Waals surface area contributed by atoms with Gasteiger partial charge in [-0.05, 0) is 39.2 Å². The number of halogens is 2. The van der Waals surface area contributed by atoms with Crippen LogP contribution >= 0.6 is 15.9 Å². The van der Waals surface area contributed by atoms with Gasteiger partial charge in [-0.15, -0.1) is 0 Å². The molecule has 0 spiro atoms. The number of hydrogen-bond donors (Lipinski definition) is 1. The number of rotatable bonds is 4. The quantitative estimate of drug-likeness (QED) is 0.936. The molecule has 0 atom stereocenters. The third-order valence-electron chi connectivity index (χ3n) is 2.40. The van der Waals surface area contributed by atoms with Crippen molar-refractivity contribution in [2.75, 3.05) is 0 Å². The Hall–Kier alpha value is -1.26. The molecule has 0 saturated carbocycles. The zero-order valence-corrected chi connectivity index (χ0v) is 10.7. The molecule has 2 nitrogen and oxygen atoms in total. The van der Waals surface area contributed by atoms with Gasteiger partial charge in [-0.25, -0.2) is 4.39 Å². The van der Waals surface area contributed by atoms with Crippen molar-refractivity contribution in [1.82, 2.24) is 10.3 Å². The van der Waals surface area contributed by atoms with Crippen molar-refractivity contribution in [2.45, 2.75) is 13.1 Å². The smallest absolute Gasteiger partial charge is 0.137 e. The monoisotopic (exact) mass is 294 g/mol. The normalized spacial score (nSPS) is 10.5. The lowest BCUT2D eigenvalue weighted by molar-refractivity contribution is 0.612. The van der Waals surface area contributed by atoms with E-state index >= 15 is 0 Å². The van der Waals surface area contributed by atoms with Crippen LogP contribution < -0.4 is 5.32 Å². The molecule has 0 fully saturated rings. The van der Waals surface area contributed by atoms with E-state index in [1.807, 2.05) is 24.4 Å². The lowest BCUT2D eigenvalue weighted by Crippen LogP contribution is -2.13. The predicted octanol–water partition coefficient (Wildman–Crippen LogP) is 3.27. The van der Waals surface area contributed by atoms with Gasteiger partial charge in [0.2, 0.25) is 0 Å². The summed E-state index contributed by atoms with van der Waals surface area (Å²) in [7, 11) is 0. The van der Waals surface area contributed by atoms with E-state index in [0.29, 0.717) is 11.0 Å². The van der Waals surface area contributed by atoms with Crippen LogP contribution in [0.4, 0.5) is 4.39 Å². The van der Waals surface area contributed by atoms with Gasteiger partial charge in [-0.2, -0.15) is 0 Å². The van der Waals surface area contributed by atoms with Crippen LogP contribution in [0.5, 0.6) is 0 Å². The molecule has 0 unspecified atom stereocenters. The van der Waals surface area contributed by atoms with Crippen molar-refractivity contribution < 1.29 is 4.39 Å². The molecule has 0 amide bonds. The van der Waals surface area contributed by atoms with Crippen LogP contribution in [0.3, 0.4) is 0 Å². The molecule has 17 heavy (non-hydrogen) atoms. The van der Waals surface area contributed by atoms with E-state index < -0.39 is 0 Å². The second-order valence-corrected chi connectivity index (χ2v) is 4.47. The molecular formula is C13H12BrFN2. The molecular weight excluding hydrogens is 283 g/mol. The van der Waals surface area contributed by atoms with Gasteiger partial charge in [0.15, 0.2) is 0 Å². The maximum atomic E-state index is 13.2. The Labute approximate surface area is 108 Å². The van der Waals surface area contributed by atoms with Crippen LogP contribution in [0.2, 0.25) is 0 Å². The summed E-state index contributed by atoms with van der Waals surface area (Å²) < 4.78 is 13.8. The first kappa shape index (κ1) is 12.2. The Morgan fingerprint density at radius 1 is 1.18 bits per heavy atom. The summed E-state index contributed by atoms with van der Waals surface area (Å²) in [6.45, 7) is 1.34. The number of aromatic nitrogens is 1. The summed E-state index contributed by atoms with van der Waals surface area (Å²) in [6.07, 6.45) is 3.56. The Kier molecular flexibility index (Phi) is 4.23. The average molecular weight is 295 g/mol. The molecule has 0 aliphatic heterocycles. The van der Waals surface area contributed by atoms with Gasteiger partial charge in [-0.1, -0.05) is 18.2 Å². The third-order valence-corrected chi connectivity index (χ3v) is 3.29. The van der Waals surface area contributed by atoms with E-state index in [4.69, 9.17) is 0 Å². The van der Waals surface area contributed by atoms with Crippen LogP contribution in [0.15, 0.2) is 47.2 Å². The minimum Gasteiger partial charge on any atom is -0.309 e. The number of hydrogen-bond acceptors (Lipinski definition) is 2. The van der Waals surface area contributed by atoms with E-state index in [-0.39, 0.29) is 5.82 Å². The summed E-state index contributed by atoms with van der Waals surface area (Å²) >= 11 is 3.24. The molecule has 1 aromatic carbocycles. The molecule has 2 aromatic rings. The molecule has 2 rings (SSSR count). The summed E-state index contributed by atoms with van der Waals surface area (Å²) in [5.74, 6) is -0.231. The molecule has 1 heterocycles. The second-order valence-electron chi connectivity index (χ2n) is 3.68. The second kappa shape index (κ2) is 5.89. The van der Waals surface area contributed by atoms with E-state index in [0.717, 1.165) is 17.7 Å². The van der Waals surface area contributed by atoms with E-state index in [1.165, 1.54) is 6.07 Å². The fourth-order valence-corrected chi connectivity index (χ4v) is 1.93. The average Bonchev–Trinajstić information content (AvgIpc) is 2.36. The van der Waals surface area contributed by atoms with Crippen LogP contribution in [0.1, 0.15) is 11.1 Å². The Morgan fingerprint density at radius 3 is 2.82 bits per heavy atom. The zero-order chi connectivity index (χ0) is 12.1. The van der Waals surface area contributed by atoms with Gasteiger partial charge >= 0.3 is 0 Å². The van der Waals surface area contributed by atoms with Crippen LogP contribution in [-0.2, 0) is 13.1 Å². The van der Waals surface area contributed by atoms with Crippen molar-refractivity contribution >= 4 is 15.9 Å². The summed E-state index contributed by atoms with van der Waals surface area (Å²) in [6, 6.07) is 8.94. The highest BCUT2D eigenvalue weighted by atomic mass is 79.9. The number of nitrogens with one attached hydrogen (secondary N) is 1. The minimum atomic E-state index is -0.231. The Balaban J connectivity index is 1.93. The first-order valence-corrected chi connectivity index (χ1v) is 6.09. The lowest BCUT2D eigenvalue weighted by Gasteiger charge is -2.07. The molecule has 1 aromatic heterocycles. The van der Waals surface area contributed by atoms with Gasteiger partial charge < -0.3 is 5.32 Å². The topological polar surface area (TPSA) is 24.9 Å². The Morgan fingerprint density at radius 2 is 2.06 bits per heavy atom. The first-order valence-electron chi connectivity index (χ1n) is 5.30. The van der Waals surface area contributed by atoms with E-state index in [2.05, 4.69) is 26.2 Å². The fourth-order valence-electron chi connectivity index (χ4n) is 1.53. The van der Waals surface area contributed by atoms with Gasteiger partial charge in [0.1, 0.15) is 5.82 Å². The van der Waals surface area contributed by atoms with E-state index in [9.17, 15) is 4.39 Å². The summed E-state index contributed by atoms with van der Waals surface area (Å²) in [5, 5.41) is 3.25. The van der Waals surface area contributed by atoms with Crippen molar-refractivity contribution in [1.29, 1.82) is 0 Å². The summed E-state index contributed by atoms with van der Waals surface area (Å²) in [4.78, 5) is 4.03. The molecule has 1 N–H and O–H groups in total.